The number of allylic oxidation sites excluding steroid dienone is 1. The van der Waals surface area contributed by atoms with Crippen LogP contribution in [0.1, 0.15) is 75.9 Å². The van der Waals surface area contributed by atoms with Crippen LogP contribution in [0, 0.1) is 17.3 Å². The monoisotopic (exact) mass is 626 g/mol. The Balaban J connectivity index is 1.89. The third-order valence-corrected chi connectivity index (χ3v) is 9.78. The number of primary amides is 1. The number of carbonyl (C=O) groups is 3. The van der Waals surface area contributed by atoms with E-state index in [4.69, 9.17) is 5.73 Å². The number of fused-ring (bicyclic) bond motifs is 3. The predicted octanol–water partition coefficient (Wildman–Crippen LogP) is 3.22. The van der Waals surface area contributed by atoms with Crippen LogP contribution in [0.15, 0.2) is 28.7 Å². The molecule has 0 unspecified atom stereocenters. The van der Waals surface area contributed by atoms with Gasteiger partial charge >= 0.3 is 0 Å². The van der Waals surface area contributed by atoms with Gasteiger partial charge in [0.2, 0.25) is 5.78 Å². The summed E-state index contributed by atoms with van der Waals surface area (Å²) in [5.74, 6) is -6.58. The van der Waals surface area contributed by atoms with E-state index >= 15 is 0 Å². The summed E-state index contributed by atoms with van der Waals surface area (Å²) in [5, 5.41) is 45.8. The second kappa shape index (κ2) is 11.4. The van der Waals surface area contributed by atoms with Crippen molar-refractivity contribution >= 4 is 23.2 Å². The molecule has 45 heavy (non-hydrogen) atoms. The van der Waals surface area contributed by atoms with Crippen LogP contribution in [0.3, 0.4) is 0 Å². The summed E-state index contributed by atoms with van der Waals surface area (Å²) in [6.45, 7) is 14.4. The number of likely N-dealkylation sites (N-methyl/N-ethyl adjacent to an activating group) is 1. The minimum absolute atomic E-state index is 0.0141. The van der Waals surface area contributed by atoms with Crippen molar-refractivity contribution < 1.29 is 34.8 Å². The minimum Gasteiger partial charge on any atom is -0.510 e. The third-order valence-electron chi connectivity index (χ3n) is 9.78. The summed E-state index contributed by atoms with van der Waals surface area (Å²) >= 11 is 0. The molecule has 4 atom stereocenters. The van der Waals surface area contributed by atoms with Crippen LogP contribution < -0.4 is 10.6 Å². The number of aliphatic hydroxyl groups is 3. The fourth-order valence-corrected chi connectivity index (χ4v) is 8.42. The second-order valence-electron chi connectivity index (χ2n) is 15.2. The van der Waals surface area contributed by atoms with Gasteiger partial charge in [-0.1, -0.05) is 27.7 Å². The van der Waals surface area contributed by atoms with E-state index in [1.807, 2.05) is 19.0 Å². The van der Waals surface area contributed by atoms with Crippen LogP contribution in [-0.2, 0) is 22.6 Å². The highest BCUT2D eigenvalue weighted by molar-refractivity contribution is 6.24. The Hall–Kier alpha value is -3.41. The fraction of sp³-hybridized carbons (Fsp3) is 0.618. The molecule has 0 fully saturated rings. The Kier molecular flexibility index (Phi) is 8.76. The summed E-state index contributed by atoms with van der Waals surface area (Å²) in [4.78, 5) is 45.8. The molecule has 0 saturated carbocycles. The van der Waals surface area contributed by atoms with Crippen molar-refractivity contribution in [1.82, 2.24) is 9.80 Å². The highest BCUT2D eigenvalue weighted by atomic mass is 16.3. The molecule has 248 valence electrons. The Morgan fingerprint density at radius 3 is 2.16 bits per heavy atom. The first-order valence-corrected chi connectivity index (χ1v) is 15.5. The van der Waals surface area contributed by atoms with E-state index in [9.17, 15) is 34.8 Å². The van der Waals surface area contributed by atoms with Crippen LogP contribution in [-0.4, -0.2) is 99.6 Å². The van der Waals surface area contributed by atoms with Crippen LogP contribution >= 0.6 is 0 Å². The van der Waals surface area contributed by atoms with Crippen molar-refractivity contribution in [1.29, 1.82) is 0 Å². The minimum atomic E-state index is -2.66. The summed E-state index contributed by atoms with van der Waals surface area (Å²) in [6.07, 6.45) is 1.22. The van der Waals surface area contributed by atoms with Gasteiger partial charge in [0.15, 0.2) is 11.4 Å². The maximum Gasteiger partial charge on any atom is 0.255 e. The molecule has 3 aliphatic rings. The zero-order valence-corrected chi connectivity index (χ0v) is 28.3. The van der Waals surface area contributed by atoms with Crippen molar-refractivity contribution in [3.8, 4) is 5.75 Å². The number of aliphatic hydroxyl groups excluding tert-OH is 2. The van der Waals surface area contributed by atoms with Gasteiger partial charge in [-0.2, -0.15) is 0 Å². The number of amides is 1. The van der Waals surface area contributed by atoms with Crippen LogP contribution in [0.2, 0.25) is 0 Å². The molecule has 0 aliphatic heterocycles. The number of hydrogen-bond acceptors (Lipinski definition) is 10. The number of nitrogens with two attached hydrogens (primary N) is 1. The van der Waals surface area contributed by atoms with E-state index in [2.05, 4.69) is 46.4 Å². The maximum atomic E-state index is 14.2. The van der Waals surface area contributed by atoms with Crippen molar-refractivity contribution in [3.05, 3.63) is 45.4 Å². The number of rotatable bonds is 8. The van der Waals surface area contributed by atoms with Crippen molar-refractivity contribution in [2.45, 2.75) is 84.5 Å². The number of phenolic OH excluding ortho intramolecular Hbond substituents is 1. The molecule has 6 N–H and O–H groups in total. The molecular formula is C34H50N4O7. The summed E-state index contributed by atoms with van der Waals surface area (Å²) < 4.78 is 0. The third kappa shape index (κ3) is 5.53. The summed E-state index contributed by atoms with van der Waals surface area (Å²) in [7, 11) is 7.00. The number of ketones is 2. The van der Waals surface area contributed by atoms with E-state index in [1.54, 1.807) is 25.1 Å². The van der Waals surface area contributed by atoms with Gasteiger partial charge in [-0.25, -0.2) is 0 Å². The van der Waals surface area contributed by atoms with E-state index in [1.165, 1.54) is 0 Å². The molecule has 1 aromatic rings. The summed E-state index contributed by atoms with van der Waals surface area (Å²) in [5.41, 5.74) is 3.99. The molecule has 0 radical (unpaired) electrons. The number of nitrogens with zero attached hydrogens (tertiary/aromatic N) is 3. The zero-order chi connectivity index (χ0) is 34.1. The van der Waals surface area contributed by atoms with Crippen LogP contribution in [0.25, 0.3) is 0 Å². The molecule has 0 bridgehead atoms. The molecule has 11 heteroatoms. The molecule has 4 rings (SSSR count). The number of carbonyl (C=O) groups excluding carboxylic acids is 3. The molecule has 0 heterocycles. The van der Waals surface area contributed by atoms with E-state index in [0.717, 1.165) is 24.2 Å². The molecule has 1 aromatic carbocycles. The molecule has 0 aromatic heterocycles. The van der Waals surface area contributed by atoms with E-state index in [0.29, 0.717) is 12.1 Å². The number of phenols is 1. The number of aromatic hydroxyl groups is 1. The first-order valence-electron chi connectivity index (χ1n) is 15.5. The van der Waals surface area contributed by atoms with Gasteiger partial charge in [-0.3, -0.25) is 24.2 Å². The molecule has 1 amide bonds. The Morgan fingerprint density at radius 2 is 1.67 bits per heavy atom. The SMILES string of the molecule is CCN(Cc1cc(O)c2c(c1N(C)C)C[C@H]1C[C@H]3[C@H](N(C)C)C(O)=C(C(N)=O)C(=O)[C@@]3(O)C(O)=C1C2=O)C(C)(C)CC(C)(C)C. The van der Waals surface area contributed by atoms with Crippen molar-refractivity contribution in [2.75, 3.05) is 39.6 Å². The molecule has 0 saturated heterocycles. The molecule has 11 nitrogen and oxygen atoms in total. The van der Waals surface area contributed by atoms with Gasteiger partial charge in [0.05, 0.1) is 11.6 Å². The largest absolute Gasteiger partial charge is 0.510 e. The Bertz CT molecular complexity index is 1500. The Labute approximate surface area is 266 Å². The summed E-state index contributed by atoms with van der Waals surface area (Å²) in [6, 6.07) is 0.562. The van der Waals surface area contributed by atoms with E-state index in [-0.39, 0.29) is 40.7 Å². The molecule has 3 aliphatic carbocycles. The van der Waals surface area contributed by atoms with Gasteiger partial charge in [-0.05, 0) is 82.3 Å². The first kappa shape index (κ1) is 34.5. The molecular weight excluding hydrogens is 576 g/mol. The Morgan fingerprint density at radius 1 is 1.07 bits per heavy atom. The smallest absolute Gasteiger partial charge is 0.255 e. The van der Waals surface area contributed by atoms with Gasteiger partial charge in [-0.15, -0.1) is 0 Å². The lowest BCUT2D eigenvalue weighted by atomic mass is 9.58. The zero-order valence-electron chi connectivity index (χ0n) is 28.3. The van der Waals surface area contributed by atoms with Crippen molar-refractivity contribution in [3.63, 3.8) is 0 Å². The predicted molar refractivity (Wildman–Crippen MR) is 172 cm³/mol. The van der Waals surface area contributed by atoms with Gasteiger partial charge < -0.3 is 31.1 Å². The quantitative estimate of drug-likeness (QED) is 0.270. The topological polar surface area (TPSA) is 168 Å². The first-order chi connectivity index (χ1) is 20.6. The lowest BCUT2D eigenvalue weighted by Crippen LogP contribution is -2.63. The number of anilines is 1. The molecule has 0 spiro atoms. The van der Waals surface area contributed by atoms with Crippen molar-refractivity contribution in [2.24, 2.45) is 23.0 Å². The van der Waals surface area contributed by atoms with Crippen LogP contribution in [0.5, 0.6) is 5.75 Å². The van der Waals surface area contributed by atoms with E-state index < -0.39 is 58.0 Å². The number of benzene rings is 1. The highest BCUT2D eigenvalue weighted by Crippen LogP contribution is 2.53. The van der Waals surface area contributed by atoms with Crippen LogP contribution in [0.4, 0.5) is 5.69 Å². The normalized spacial score (nSPS) is 25.5. The number of hydrogen-bond donors (Lipinski definition) is 5. The standard InChI is InChI=1S/C34H50N4O7/c1-11-38(33(5,6)16-32(2,3)4)15-18-14-21(39)23-19(25(18)36(7)8)12-17-13-20-26(37(9)10)28(41)24(31(35)44)30(43)34(20,45)29(42)22(17)27(23)40/h14,17,20,26,39,41-42,45H,11-13,15-16H2,1-10H3,(H2,35,44)/t17-,20-,26-,34-/m0/s1. The average molecular weight is 627 g/mol. The maximum absolute atomic E-state index is 14.2. The lowest BCUT2D eigenvalue weighted by Gasteiger charge is -2.50. The lowest BCUT2D eigenvalue weighted by molar-refractivity contribution is -0.148. The van der Waals surface area contributed by atoms with Gasteiger partial charge in [0, 0.05) is 43.4 Å². The average Bonchev–Trinajstić information content (AvgIpc) is 2.87. The number of Topliss-reactive ketones (excluding diaryl/α,β-unsaturated/α-hetero) is 2. The van der Waals surface area contributed by atoms with Gasteiger partial charge in [0.25, 0.3) is 5.91 Å². The fourth-order valence-electron chi connectivity index (χ4n) is 8.42. The van der Waals surface area contributed by atoms with Gasteiger partial charge in [0.1, 0.15) is 22.8 Å². The second-order valence-corrected chi connectivity index (χ2v) is 15.2. The highest BCUT2D eigenvalue weighted by Gasteiger charge is 2.63.